The van der Waals surface area contributed by atoms with E-state index in [1.165, 1.54) is 12.1 Å². The van der Waals surface area contributed by atoms with Gasteiger partial charge in [0, 0.05) is 43.0 Å². The number of rotatable bonds is 10. The maximum absolute atomic E-state index is 13.7. The Morgan fingerprint density at radius 2 is 1.82 bits per heavy atom. The van der Waals surface area contributed by atoms with Crippen LogP contribution < -0.4 is 5.32 Å². The molecule has 4 aromatic rings. The smallest absolute Gasteiger partial charge is 0.287 e. The van der Waals surface area contributed by atoms with E-state index in [1.807, 2.05) is 48.5 Å². The number of pyridine rings is 1. The third-order valence-corrected chi connectivity index (χ3v) is 5.67. The van der Waals surface area contributed by atoms with E-state index < -0.39 is 0 Å². The first kappa shape index (κ1) is 23.7. The van der Waals surface area contributed by atoms with E-state index >= 15 is 0 Å². The summed E-state index contributed by atoms with van der Waals surface area (Å²) in [5.41, 5.74) is 2.71. The monoisotopic (exact) mass is 477 g/mol. The van der Waals surface area contributed by atoms with Crippen LogP contribution in [0.15, 0.2) is 89.5 Å². The number of nitrogens with zero attached hydrogens (tertiary/aromatic N) is 2. The summed E-state index contributed by atoms with van der Waals surface area (Å²) in [5.74, 6) is 0.334. The molecule has 5 nitrogen and oxygen atoms in total. The number of carbonyl (C=O) groups is 1. The van der Waals surface area contributed by atoms with Crippen molar-refractivity contribution in [2.24, 2.45) is 0 Å². The largest absolute Gasteiger partial charge is 0.455 e. The number of amides is 1. The van der Waals surface area contributed by atoms with E-state index in [0.717, 1.165) is 16.8 Å². The van der Waals surface area contributed by atoms with Gasteiger partial charge in [-0.3, -0.25) is 14.7 Å². The number of halogens is 2. The molecule has 0 saturated heterocycles. The van der Waals surface area contributed by atoms with Crippen LogP contribution in [0, 0.1) is 5.82 Å². The predicted octanol–water partition coefficient (Wildman–Crippen LogP) is 5.64. The Morgan fingerprint density at radius 1 is 0.971 bits per heavy atom. The highest BCUT2D eigenvalue weighted by molar-refractivity contribution is 6.31. The van der Waals surface area contributed by atoms with E-state index in [2.05, 4.69) is 15.2 Å². The van der Waals surface area contributed by atoms with E-state index in [9.17, 15) is 9.18 Å². The van der Waals surface area contributed by atoms with Crippen LogP contribution >= 0.6 is 11.6 Å². The first-order valence-electron chi connectivity index (χ1n) is 11.0. The highest BCUT2D eigenvalue weighted by atomic mass is 35.5. The van der Waals surface area contributed by atoms with Gasteiger partial charge in [-0.25, -0.2) is 4.39 Å². The van der Waals surface area contributed by atoms with Crippen molar-refractivity contribution in [2.75, 3.05) is 6.54 Å². The highest BCUT2D eigenvalue weighted by Gasteiger charge is 2.16. The molecule has 0 bridgehead atoms. The first-order valence-corrected chi connectivity index (χ1v) is 11.4. The number of aromatic nitrogens is 1. The molecule has 1 amide bonds. The van der Waals surface area contributed by atoms with Crippen molar-refractivity contribution in [3.05, 3.63) is 124 Å². The van der Waals surface area contributed by atoms with Crippen LogP contribution in [0.1, 0.15) is 33.1 Å². The summed E-state index contributed by atoms with van der Waals surface area (Å²) in [4.78, 5) is 18.8. The minimum atomic E-state index is -0.280. The average molecular weight is 478 g/mol. The first-order chi connectivity index (χ1) is 16.6. The second kappa shape index (κ2) is 11.6. The lowest BCUT2D eigenvalue weighted by atomic mass is 10.1. The molecule has 0 atom stereocenters. The molecule has 34 heavy (non-hydrogen) atoms. The highest BCUT2D eigenvalue weighted by Crippen LogP contribution is 2.21. The molecule has 1 N–H and O–H groups in total. The standard InChI is InChI=1S/C27H25ClFN3O2/c28-25-10-2-1-7-21(25)18-32(17-20-6-5-8-22(29)16-20)19-24-11-12-26(34-24)27(33)31-15-13-23-9-3-4-14-30-23/h1-12,14,16H,13,15,17-19H2,(H,31,33). The van der Waals surface area contributed by atoms with Crippen molar-refractivity contribution in [3.8, 4) is 0 Å². The molecule has 2 aromatic heterocycles. The summed E-state index contributed by atoms with van der Waals surface area (Å²) in [6.45, 7) is 1.94. The van der Waals surface area contributed by atoms with Crippen LogP contribution in [-0.4, -0.2) is 22.3 Å². The maximum atomic E-state index is 13.7. The van der Waals surface area contributed by atoms with Crippen molar-refractivity contribution < 1.29 is 13.6 Å². The van der Waals surface area contributed by atoms with Crippen LogP contribution in [0.4, 0.5) is 4.39 Å². The summed E-state index contributed by atoms with van der Waals surface area (Å²) >= 11 is 6.37. The van der Waals surface area contributed by atoms with Crippen LogP contribution in [0.25, 0.3) is 0 Å². The number of hydrogen-bond donors (Lipinski definition) is 1. The van der Waals surface area contributed by atoms with Gasteiger partial charge in [0.2, 0.25) is 0 Å². The molecule has 7 heteroatoms. The summed E-state index contributed by atoms with van der Waals surface area (Å²) < 4.78 is 19.6. The Kier molecular flexibility index (Phi) is 8.07. The second-order valence-electron chi connectivity index (χ2n) is 7.96. The maximum Gasteiger partial charge on any atom is 0.287 e. The lowest BCUT2D eigenvalue weighted by molar-refractivity contribution is 0.0922. The molecular formula is C27H25ClFN3O2. The zero-order valence-electron chi connectivity index (χ0n) is 18.6. The van der Waals surface area contributed by atoms with Crippen molar-refractivity contribution in [3.63, 3.8) is 0 Å². The Morgan fingerprint density at radius 3 is 2.62 bits per heavy atom. The van der Waals surface area contributed by atoms with Gasteiger partial charge in [-0.1, -0.05) is 48.0 Å². The molecule has 0 aliphatic heterocycles. The van der Waals surface area contributed by atoms with Crippen molar-refractivity contribution in [2.45, 2.75) is 26.1 Å². The fraction of sp³-hybridized carbons (Fsp3) is 0.185. The van der Waals surface area contributed by atoms with Gasteiger partial charge in [-0.2, -0.15) is 0 Å². The third kappa shape index (κ3) is 6.76. The average Bonchev–Trinajstić information content (AvgIpc) is 3.30. The number of hydrogen-bond acceptors (Lipinski definition) is 4. The molecule has 4 rings (SSSR count). The lowest BCUT2D eigenvalue weighted by Crippen LogP contribution is -2.25. The lowest BCUT2D eigenvalue weighted by Gasteiger charge is -2.22. The van der Waals surface area contributed by atoms with Gasteiger partial charge in [0.25, 0.3) is 5.91 Å². The van der Waals surface area contributed by atoms with Crippen LogP contribution in [0.3, 0.4) is 0 Å². The quantitative estimate of drug-likeness (QED) is 0.321. The zero-order valence-corrected chi connectivity index (χ0v) is 19.3. The molecule has 0 unspecified atom stereocenters. The van der Waals surface area contributed by atoms with Gasteiger partial charge < -0.3 is 9.73 Å². The Balaban J connectivity index is 1.41. The van der Waals surface area contributed by atoms with Crippen LogP contribution in [0.2, 0.25) is 5.02 Å². The topological polar surface area (TPSA) is 58.4 Å². The number of furan rings is 1. The predicted molar refractivity (Wildman–Crippen MR) is 130 cm³/mol. The minimum absolute atomic E-state index is 0.250. The molecule has 0 radical (unpaired) electrons. The Labute approximate surface area is 203 Å². The molecule has 2 aromatic carbocycles. The fourth-order valence-corrected chi connectivity index (χ4v) is 3.87. The van der Waals surface area contributed by atoms with Gasteiger partial charge >= 0.3 is 0 Å². The molecule has 0 aliphatic rings. The Bertz CT molecular complexity index is 1230. The van der Waals surface area contributed by atoms with E-state index in [-0.39, 0.29) is 17.5 Å². The molecular weight excluding hydrogens is 453 g/mol. The molecule has 2 heterocycles. The fourth-order valence-electron chi connectivity index (χ4n) is 3.67. The number of carbonyl (C=O) groups excluding carboxylic acids is 1. The van der Waals surface area contributed by atoms with E-state index in [0.29, 0.717) is 43.4 Å². The molecule has 0 spiro atoms. The van der Waals surface area contributed by atoms with Gasteiger partial charge in [-0.15, -0.1) is 0 Å². The van der Waals surface area contributed by atoms with Gasteiger partial charge in [-0.05, 0) is 53.6 Å². The van der Waals surface area contributed by atoms with Crippen LogP contribution in [-0.2, 0) is 26.1 Å². The summed E-state index contributed by atoms with van der Waals surface area (Å²) in [6.07, 6.45) is 2.37. The van der Waals surface area contributed by atoms with Gasteiger partial charge in [0.1, 0.15) is 11.6 Å². The van der Waals surface area contributed by atoms with E-state index in [4.69, 9.17) is 16.0 Å². The summed E-state index contributed by atoms with van der Waals surface area (Å²) in [7, 11) is 0. The number of benzene rings is 2. The zero-order chi connectivity index (χ0) is 23.8. The summed E-state index contributed by atoms with van der Waals surface area (Å²) in [5, 5.41) is 3.53. The van der Waals surface area contributed by atoms with E-state index in [1.54, 1.807) is 24.4 Å². The third-order valence-electron chi connectivity index (χ3n) is 5.30. The number of nitrogens with one attached hydrogen (secondary N) is 1. The van der Waals surface area contributed by atoms with Crippen molar-refractivity contribution in [1.29, 1.82) is 0 Å². The molecule has 174 valence electrons. The molecule has 0 saturated carbocycles. The van der Waals surface area contributed by atoms with Crippen molar-refractivity contribution in [1.82, 2.24) is 15.2 Å². The molecule has 0 aliphatic carbocycles. The van der Waals surface area contributed by atoms with Crippen molar-refractivity contribution >= 4 is 17.5 Å². The minimum Gasteiger partial charge on any atom is -0.455 e. The Hall–Kier alpha value is -3.48. The SMILES string of the molecule is O=C(NCCc1ccccn1)c1ccc(CN(Cc2cccc(F)c2)Cc2ccccc2Cl)o1. The van der Waals surface area contributed by atoms with Gasteiger partial charge in [0.15, 0.2) is 5.76 Å². The second-order valence-corrected chi connectivity index (χ2v) is 8.37. The molecule has 0 fully saturated rings. The van der Waals surface area contributed by atoms with Crippen LogP contribution in [0.5, 0.6) is 0 Å². The normalized spacial score (nSPS) is 11.0. The van der Waals surface area contributed by atoms with Gasteiger partial charge in [0.05, 0.1) is 6.54 Å². The summed E-state index contributed by atoms with van der Waals surface area (Å²) in [6, 6.07) is 23.3.